The highest BCUT2D eigenvalue weighted by atomic mass is 16.5. The van der Waals surface area contributed by atoms with Crippen molar-refractivity contribution in [2.24, 2.45) is 5.92 Å². The Balaban J connectivity index is 1.35. The highest BCUT2D eigenvalue weighted by Gasteiger charge is 2.25. The molecule has 126 valence electrons. The maximum Gasteiger partial charge on any atom is 0.227 e. The number of rotatable bonds is 4. The molecular formula is C20H19N3O2. The smallest absolute Gasteiger partial charge is 0.227 e. The number of carbonyl (C=O) groups is 1. The zero-order chi connectivity index (χ0) is 17.1. The van der Waals surface area contributed by atoms with E-state index in [1.165, 1.54) is 0 Å². The lowest BCUT2D eigenvalue weighted by Gasteiger charge is -2.24. The van der Waals surface area contributed by atoms with Crippen LogP contribution < -0.4 is 10.1 Å². The van der Waals surface area contributed by atoms with Crippen molar-refractivity contribution in [1.82, 2.24) is 15.1 Å². The molecule has 1 aliphatic heterocycles. The summed E-state index contributed by atoms with van der Waals surface area (Å²) in [6.45, 7) is 0.942. The fraction of sp³-hybridized carbons (Fsp3) is 0.200. The Hall–Kier alpha value is -3.08. The van der Waals surface area contributed by atoms with Gasteiger partial charge in [0, 0.05) is 18.9 Å². The first-order valence-corrected chi connectivity index (χ1v) is 8.37. The number of benzene rings is 2. The van der Waals surface area contributed by atoms with Gasteiger partial charge in [-0.1, -0.05) is 30.3 Å². The Morgan fingerprint density at radius 2 is 2.00 bits per heavy atom. The third-order valence-corrected chi connectivity index (χ3v) is 4.42. The molecule has 25 heavy (non-hydrogen) atoms. The second kappa shape index (κ2) is 6.81. The first-order valence-electron chi connectivity index (χ1n) is 8.37. The largest absolute Gasteiger partial charge is 0.492 e. The Bertz CT molecular complexity index is 857. The zero-order valence-electron chi connectivity index (χ0n) is 13.8. The average molecular weight is 333 g/mol. The van der Waals surface area contributed by atoms with Gasteiger partial charge < -0.3 is 10.1 Å². The van der Waals surface area contributed by atoms with Gasteiger partial charge in [-0.25, -0.2) is 4.68 Å². The molecule has 0 saturated heterocycles. The van der Waals surface area contributed by atoms with Crippen molar-refractivity contribution in [3.8, 4) is 11.4 Å². The molecule has 0 fully saturated rings. The van der Waals surface area contributed by atoms with Crippen LogP contribution in [0, 0.1) is 5.92 Å². The molecule has 2 heterocycles. The molecule has 1 aliphatic rings. The number of ether oxygens (including phenoxy) is 1. The summed E-state index contributed by atoms with van der Waals surface area (Å²) in [6, 6.07) is 17.8. The molecule has 1 atom stereocenters. The van der Waals surface area contributed by atoms with Crippen LogP contribution in [0.15, 0.2) is 67.0 Å². The van der Waals surface area contributed by atoms with Crippen LogP contribution in [0.1, 0.15) is 11.1 Å². The third-order valence-electron chi connectivity index (χ3n) is 4.42. The van der Waals surface area contributed by atoms with Crippen molar-refractivity contribution in [3.05, 3.63) is 78.1 Å². The molecule has 3 aromatic rings. The second-order valence-electron chi connectivity index (χ2n) is 6.15. The predicted octanol–water partition coefficient (Wildman–Crippen LogP) is 2.74. The van der Waals surface area contributed by atoms with Crippen LogP contribution in [-0.4, -0.2) is 22.3 Å². The van der Waals surface area contributed by atoms with Gasteiger partial charge in [0.05, 0.1) is 11.6 Å². The maximum atomic E-state index is 12.4. The van der Waals surface area contributed by atoms with Crippen LogP contribution in [0.25, 0.3) is 5.69 Å². The van der Waals surface area contributed by atoms with Crippen molar-refractivity contribution in [2.75, 3.05) is 6.61 Å². The number of carbonyl (C=O) groups excluding carboxylic acids is 1. The van der Waals surface area contributed by atoms with E-state index in [1.54, 1.807) is 10.9 Å². The zero-order valence-corrected chi connectivity index (χ0v) is 13.8. The number of hydrogen-bond acceptors (Lipinski definition) is 3. The number of aromatic nitrogens is 2. The van der Waals surface area contributed by atoms with Crippen LogP contribution in [-0.2, 0) is 17.8 Å². The Kier molecular flexibility index (Phi) is 4.21. The van der Waals surface area contributed by atoms with E-state index >= 15 is 0 Å². The maximum absolute atomic E-state index is 12.4. The Labute approximate surface area is 146 Å². The molecule has 0 spiro atoms. The molecule has 0 aliphatic carbocycles. The van der Waals surface area contributed by atoms with Gasteiger partial charge in [-0.05, 0) is 41.8 Å². The average Bonchev–Trinajstić information content (AvgIpc) is 3.21. The van der Waals surface area contributed by atoms with Crippen molar-refractivity contribution in [3.63, 3.8) is 0 Å². The van der Waals surface area contributed by atoms with Crippen molar-refractivity contribution in [2.45, 2.75) is 13.0 Å². The first-order chi connectivity index (χ1) is 12.3. The Morgan fingerprint density at radius 1 is 1.16 bits per heavy atom. The topological polar surface area (TPSA) is 56.2 Å². The van der Waals surface area contributed by atoms with Crippen LogP contribution in [0.2, 0.25) is 0 Å². The monoisotopic (exact) mass is 333 g/mol. The van der Waals surface area contributed by atoms with Gasteiger partial charge in [0.15, 0.2) is 0 Å². The SMILES string of the molecule is O=C(NCc1ccc(-n2cccn2)cc1)[C@H]1COc2ccccc2C1. The van der Waals surface area contributed by atoms with E-state index in [1.807, 2.05) is 60.8 Å². The highest BCUT2D eigenvalue weighted by molar-refractivity contribution is 5.79. The molecule has 4 rings (SSSR count). The van der Waals surface area contributed by atoms with Gasteiger partial charge in [0.25, 0.3) is 0 Å². The molecule has 1 aromatic heterocycles. The molecule has 0 saturated carbocycles. The molecule has 0 radical (unpaired) electrons. The summed E-state index contributed by atoms with van der Waals surface area (Å²) in [7, 11) is 0. The predicted molar refractivity (Wildman–Crippen MR) is 94.5 cm³/mol. The number of nitrogens with zero attached hydrogens (tertiary/aromatic N) is 2. The van der Waals surface area contributed by atoms with E-state index in [4.69, 9.17) is 4.74 Å². The van der Waals surface area contributed by atoms with E-state index in [9.17, 15) is 4.79 Å². The summed E-state index contributed by atoms with van der Waals surface area (Å²) in [5, 5.41) is 7.22. The lowest BCUT2D eigenvalue weighted by atomic mass is 9.96. The lowest BCUT2D eigenvalue weighted by molar-refractivity contribution is -0.126. The number of para-hydroxylation sites is 1. The van der Waals surface area contributed by atoms with Crippen molar-refractivity contribution >= 4 is 5.91 Å². The van der Waals surface area contributed by atoms with Crippen LogP contribution in [0.5, 0.6) is 5.75 Å². The minimum Gasteiger partial charge on any atom is -0.492 e. The molecule has 1 amide bonds. The van der Waals surface area contributed by atoms with Gasteiger partial charge in [-0.3, -0.25) is 4.79 Å². The minimum absolute atomic E-state index is 0.0330. The highest BCUT2D eigenvalue weighted by Crippen LogP contribution is 2.26. The quantitative estimate of drug-likeness (QED) is 0.799. The van der Waals surface area contributed by atoms with Crippen LogP contribution in [0.4, 0.5) is 0 Å². The van der Waals surface area contributed by atoms with E-state index in [0.717, 1.165) is 29.0 Å². The van der Waals surface area contributed by atoms with E-state index in [-0.39, 0.29) is 11.8 Å². The van der Waals surface area contributed by atoms with E-state index in [2.05, 4.69) is 10.4 Å². The number of amides is 1. The van der Waals surface area contributed by atoms with Crippen LogP contribution >= 0.6 is 0 Å². The van der Waals surface area contributed by atoms with Crippen molar-refractivity contribution < 1.29 is 9.53 Å². The number of hydrogen-bond donors (Lipinski definition) is 1. The summed E-state index contributed by atoms with van der Waals surface area (Å²) in [5.74, 6) is 0.782. The number of fused-ring (bicyclic) bond motifs is 1. The van der Waals surface area contributed by atoms with Crippen molar-refractivity contribution in [1.29, 1.82) is 0 Å². The number of nitrogens with one attached hydrogen (secondary N) is 1. The summed E-state index contributed by atoms with van der Waals surface area (Å²) in [5.41, 5.74) is 3.15. The summed E-state index contributed by atoms with van der Waals surface area (Å²) < 4.78 is 7.50. The minimum atomic E-state index is -0.141. The van der Waals surface area contributed by atoms with Crippen LogP contribution in [0.3, 0.4) is 0 Å². The van der Waals surface area contributed by atoms with E-state index < -0.39 is 0 Å². The fourth-order valence-corrected chi connectivity index (χ4v) is 3.02. The molecular weight excluding hydrogens is 314 g/mol. The van der Waals surface area contributed by atoms with Gasteiger partial charge in [0.1, 0.15) is 12.4 Å². The molecule has 5 heteroatoms. The standard InChI is InChI=1S/C20H19N3O2/c24-20(17-12-16-4-1-2-5-19(16)25-14-17)21-13-15-6-8-18(9-7-15)23-11-3-10-22-23/h1-11,17H,12-14H2,(H,21,24)/t17-/m1/s1. The summed E-state index contributed by atoms with van der Waals surface area (Å²) >= 11 is 0. The lowest BCUT2D eigenvalue weighted by Crippen LogP contribution is -2.37. The van der Waals surface area contributed by atoms with Gasteiger partial charge in [-0.15, -0.1) is 0 Å². The molecule has 0 unspecified atom stereocenters. The first kappa shape index (κ1) is 15.4. The molecule has 1 N–H and O–H groups in total. The summed E-state index contributed by atoms with van der Waals surface area (Å²) in [4.78, 5) is 12.4. The van der Waals surface area contributed by atoms with Gasteiger partial charge in [0.2, 0.25) is 5.91 Å². The van der Waals surface area contributed by atoms with Gasteiger partial charge in [-0.2, -0.15) is 5.10 Å². The Morgan fingerprint density at radius 3 is 2.80 bits per heavy atom. The van der Waals surface area contributed by atoms with Gasteiger partial charge >= 0.3 is 0 Å². The summed E-state index contributed by atoms with van der Waals surface area (Å²) in [6.07, 6.45) is 4.37. The fourth-order valence-electron chi connectivity index (χ4n) is 3.02. The molecule has 2 aromatic carbocycles. The molecule has 5 nitrogen and oxygen atoms in total. The van der Waals surface area contributed by atoms with E-state index in [0.29, 0.717) is 13.2 Å². The third kappa shape index (κ3) is 3.40. The normalized spacial score (nSPS) is 15.9. The second-order valence-corrected chi connectivity index (χ2v) is 6.15. The molecule has 0 bridgehead atoms.